The zero-order chi connectivity index (χ0) is 18.4. The van der Waals surface area contributed by atoms with Gasteiger partial charge in [-0.05, 0) is 18.2 Å². The molecule has 0 bridgehead atoms. The van der Waals surface area contributed by atoms with Gasteiger partial charge in [0.05, 0.1) is 17.8 Å². The molecule has 2 heterocycles. The van der Waals surface area contributed by atoms with E-state index in [2.05, 4.69) is 31.2 Å². The van der Waals surface area contributed by atoms with Crippen LogP contribution in [0.2, 0.25) is 5.02 Å². The van der Waals surface area contributed by atoms with Crippen molar-refractivity contribution in [2.75, 3.05) is 45.2 Å². The van der Waals surface area contributed by atoms with Crippen molar-refractivity contribution in [2.45, 2.75) is 6.54 Å². The molecule has 1 saturated heterocycles. The van der Waals surface area contributed by atoms with Crippen LogP contribution >= 0.6 is 11.6 Å². The molecule has 0 unspecified atom stereocenters. The number of nitrogens with zero attached hydrogens (tertiary/aromatic N) is 4. The summed E-state index contributed by atoms with van der Waals surface area (Å²) < 4.78 is 5.31. The van der Waals surface area contributed by atoms with Crippen LogP contribution in [0.3, 0.4) is 0 Å². The van der Waals surface area contributed by atoms with Crippen molar-refractivity contribution in [2.24, 2.45) is 4.99 Å². The Bertz CT molecular complexity index is 759. The molecule has 6 nitrogen and oxygen atoms in total. The minimum Gasteiger partial charge on any atom is -0.481 e. The van der Waals surface area contributed by atoms with Crippen LogP contribution in [0.15, 0.2) is 47.6 Å². The van der Waals surface area contributed by atoms with Crippen LogP contribution < -0.4 is 15.0 Å². The molecule has 0 aliphatic carbocycles. The number of para-hydroxylation sites is 1. The van der Waals surface area contributed by atoms with Gasteiger partial charge in [0, 0.05) is 51.5 Å². The number of hydrogen-bond acceptors (Lipinski definition) is 4. The van der Waals surface area contributed by atoms with E-state index in [4.69, 9.17) is 16.3 Å². The number of methoxy groups -OCH3 is 1. The van der Waals surface area contributed by atoms with Crippen LogP contribution in [0.1, 0.15) is 5.56 Å². The summed E-state index contributed by atoms with van der Waals surface area (Å²) >= 11 is 6.32. The predicted octanol–water partition coefficient (Wildman–Crippen LogP) is 2.64. The minimum absolute atomic E-state index is 0.619. The first-order valence-corrected chi connectivity index (χ1v) is 9.03. The summed E-state index contributed by atoms with van der Waals surface area (Å²) in [6.07, 6.45) is 1.73. The maximum Gasteiger partial charge on any atom is 0.218 e. The summed E-state index contributed by atoms with van der Waals surface area (Å²) in [6, 6.07) is 11.9. The molecule has 7 heteroatoms. The van der Waals surface area contributed by atoms with Gasteiger partial charge in [0.2, 0.25) is 5.88 Å². The van der Waals surface area contributed by atoms with Gasteiger partial charge in [0.1, 0.15) is 0 Å². The van der Waals surface area contributed by atoms with Gasteiger partial charge in [0.25, 0.3) is 0 Å². The number of rotatable bonds is 4. The molecule has 1 N–H and O–H groups in total. The third kappa shape index (κ3) is 4.19. The SMILES string of the molecule is CN=C(NCc1cccnc1OC)N1CCN(c2ccccc2Cl)CC1. The number of aliphatic imine (C=N–C) groups is 1. The molecule has 2 aromatic rings. The molecule has 0 radical (unpaired) electrons. The van der Waals surface area contributed by atoms with Crippen LogP contribution in [0, 0.1) is 0 Å². The van der Waals surface area contributed by atoms with Crippen molar-refractivity contribution in [1.82, 2.24) is 15.2 Å². The standard InChI is InChI=1S/C19H24ClN5O/c1-21-19(23-14-15-6-5-9-22-18(15)26-2)25-12-10-24(11-13-25)17-8-4-3-7-16(17)20/h3-9H,10-14H2,1-2H3,(H,21,23). The average Bonchev–Trinajstić information content (AvgIpc) is 2.70. The van der Waals surface area contributed by atoms with E-state index in [1.807, 2.05) is 37.4 Å². The molecule has 1 aliphatic heterocycles. The summed E-state index contributed by atoms with van der Waals surface area (Å²) in [4.78, 5) is 13.2. The molecule has 1 aromatic heterocycles. The number of anilines is 1. The molecule has 1 aromatic carbocycles. The first kappa shape index (κ1) is 18.3. The highest BCUT2D eigenvalue weighted by Gasteiger charge is 2.21. The van der Waals surface area contributed by atoms with E-state index in [-0.39, 0.29) is 0 Å². The molecule has 0 atom stereocenters. The van der Waals surface area contributed by atoms with E-state index < -0.39 is 0 Å². The van der Waals surface area contributed by atoms with Gasteiger partial charge in [-0.25, -0.2) is 4.98 Å². The van der Waals surface area contributed by atoms with Gasteiger partial charge >= 0.3 is 0 Å². The molecule has 0 spiro atoms. The maximum absolute atomic E-state index is 6.32. The molecule has 26 heavy (non-hydrogen) atoms. The number of hydrogen-bond donors (Lipinski definition) is 1. The molecule has 138 valence electrons. The van der Waals surface area contributed by atoms with E-state index in [1.54, 1.807) is 13.3 Å². The summed E-state index contributed by atoms with van der Waals surface area (Å²) in [6.45, 7) is 4.19. The number of ether oxygens (including phenoxy) is 1. The summed E-state index contributed by atoms with van der Waals surface area (Å²) in [5.74, 6) is 1.52. The number of guanidine groups is 1. The van der Waals surface area contributed by atoms with Crippen molar-refractivity contribution < 1.29 is 4.74 Å². The lowest BCUT2D eigenvalue weighted by molar-refractivity contribution is 0.370. The maximum atomic E-state index is 6.32. The smallest absolute Gasteiger partial charge is 0.218 e. The number of piperazine rings is 1. The quantitative estimate of drug-likeness (QED) is 0.659. The van der Waals surface area contributed by atoms with Crippen molar-refractivity contribution >= 4 is 23.2 Å². The minimum atomic E-state index is 0.619. The Labute approximate surface area is 159 Å². The fourth-order valence-corrected chi connectivity index (χ4v) is 3.37. The molecule has 3 rings (SSSR count). The molecular formula is C19H24ClN5O. The lowest BCUT2D eigenvalue weighted by Gasteiger charge is -2.38. The Kier molecular flexibility index (Phi) is 6.17. The van der Waals surface area contributed by atoms with Crippen LogP contribution in [-0.4, -0.2) is 56.2 Å². The molecule has 1 aliphatic rings. The zero-order valence-electron chi connectivity index (χ0n) is 15.2. The number of aromatic nitrogens is 1. The normalized spacial score (nSPS) is 15.1. The van der Waals surface area contributed by atoms with Crippen molar-refractivity contribution in [3.05, 3.63) is 53.2 Å². The fourth-order valence-electron chi connectivity index (χ4n) is 3.12. The Morgan fingerprint density at radius 2 is 1.96 bits per heavy atom. The fraction of sp³-hybridized carbons (Fsp3) is 0.368. The van der Waals surface area contributed by atoms with Crippen LogP contribution in [0.5, 0.6) is 5.88 Å². The van der Waals surface area contributed by atoms with E-state index in [1.165, 1.54) is 0 Å². The van der Waals surface area contributed by atoms with Crippen LogP contribution in [-0.2, 0) is 6.54 Å². The van der Waals surface area contributed by atoms with Crippen LogP contribution in [0.25, 0.3) is 0 Å². The third-order valence-electron chi connectivity index (χ3n) is 4.46. The second kappa shape index (κ2) is 8.76. The summed E-state index contributed by atoms with van der Waals surface area (Å²) in [5, 5.41) is 4.21. The highest BCUT2D eigenvalue weighted by atomic mass is 35.5. The molecule has 0 amide bonds. The van der Waals surface area contributed by atoms with Gasteiger partial charge in [0.15, 0.2) is 5.96 Å². The highest BCUT2D eigenvalue weighted by molar-refractivity contribution is 6.33. The highest BCUT2D eigenvalue weighted by Crippen LogP contribution is 2.26. The Morgan fingerprint density at radius 3 is 2.65 bits per heavy atom. The van der Waals surface area contributed by atoms with Gasteiger partial charge in [-0.1, -0.05) is 29.8 Å². The largest absolute Gasteiger partial charge is 0.481 e. The van der Waals surface area contributed by atoms with Crippen LogP contribution in [0.4, 0.5) is 5.69 Å². The average molecular weight is 374 g/mol. The lowest BCUT2D eigenvalue weighted by atomic mass is 10.2. The van der Waals surface area contributed by atoms with Gasteiger partial charge in [-0.2, -0.15) is 0 Å². The Balaban J connectivity index is 1.58. The Hall–Kier alpha value is -2.47. The number of benzene rings is 1. The van der Waals surface area contributed by atoms with Crippen molar-refractivity contribution in [3.8, 4) is 5.88 Å². The number of pyridine rings is 1. The monoisotopic (exact) mass is 373 g/mol. The van der Waals surface area contributed by atoms with E-state index in [0.717, 1.165) is 48.4 Å². The Morgan fingerprint density at radius 1 is 1.19 bits per heavy atom. The zero-order valence-corrected chi connectivity index (χ0v) is 15.9. The van der Waals surface area contributed by atoms with Crippen molar-refractivity contribution in [3.63, 3.8) is 0 Å². The first-order valence-electron chi connectivity index (χ1n) is 8.66. The number of nitrogens with one attached hydrogen (secondary N) is 1. The second-order valence-electron chi connectivity index (χ2n) is 6.00. The second-order valence-corrected chi connectivity index (χ2v) is 6.41. The molecule has 1 fully saturated rings. The topological polar surface area (TPSA) is 53.0 Å². The third-order valence-corrected chi connectivity index (χ3v) is 4.78. The first-order chi connectivity index (χ1) is 12.7. The molecule has 0 saturated carbocycles. The summed E-state index contributed by atoms with van der Waals surface area (Å²) in [7, 11) is 3.44. The number of halogens is 1. The van der Waals surface area contributed by atoms with Crippen molar-refractivity contribution in [1.29, 1.82) is 0 Å². The molecular weight excluding hydrogens is 350 g/mol. The van der Waals surface area contributed by atoms with Gasteiger partial charge in [-0.3, -0.25) is 4.99 Å². The van der Waals surface area contributed by atoms with E-state index in [9.17, 15) is 0 Å². The lowest BCUT2D eigenvalue weighted by Crippen LogP contribution is -2.52. The van der Waals surface area contributed by atoms with Gasteiger partial charge in [-0.15, -0.1) is 0 Å². The van der Waals surface area contributed by atoms with E-state index in [0.29, 0.717) is 12.4 Å². The predicted molar refractivity (Wildman–Crippen MR) is 106 cm³/mol. The van der Waals surface area contributed by atoms with E-state index >= 15 is 0 Å². The summed E-state index contributed by atoms with van der Waals surface area (Å²) in [5.41, 5.74) is 2.10. The van der Waals surface area contributed by atoms with Gasteiger partial charge < -0.3 is 19.9 Å².